The Balaban J connectivity index is 1.85. The molecule has 1 aromatic carbocycles. The third kappa shape index (κ3) is 5.20. The van der Waals surface area contributed by atoms with E-state index in [2.05, 4.69) is 5.32 Å². The van der Waals surface area contributed by atoms with Gasteiger partial charge in [0.2, 0.25) is 11.8 Å². The molecule has 0 aliphatic carbocycles. The Hall–Kier alpha value is -2.09. The van der Waals surface area contributed by atoms with Crippen molar-refractivity contribution in [2.75, 3.05) is 17.6 Å². The molecule has 1 aliphatic rings. The van der Waals surface area contributed by atoms with Crippen molar-refractivity contribution in [3.63, 3.8) is 0 Å². The van der Waals surface area contributed by atoms with Crippen LogP contribution in [0.4, 0.5) is 10.1 Å². The molecule has 142 valence electrons. The second-order valence-corrected chi connectivity index (χ2v) is 7.70. The summed E-state index contributed by atoms with van der Waals surface area (Å²) in [7, 11) is 0. The summed E-state index contributed by atoms with van der Waals surface area (Å²) in [5.41, 5.74) is 0.491. The number of hydrogen-bond acceptors (Lipinski definition) is 4. The first-order valence-corrected chi connectivity index (χ1v) is 9.54. The molecule has 1 unspecified atom stereocenters. The third-order valence-electron chi connectivity index (χ3n) is 4.53. The SMILES string of the molecule is CC(SCC(=O)Nc1ccc(F)cc1)C(=O)N1CCC[C@H](C(=O)O)[C@@H]1C. The topological polar surface area (TPSA) is 86.7 Å². The zero-order chi connectivity index (χ0) is 19.3. The Morgan fingerprint density at radius 1 is 1.35 bits per heavy atom. The number of hydrogen-bond donors (Lipinski definition) is 2. The number of carboxylic acids is 1. The Kier molecular flexibility index (Phi) is 7.02. The highest BCUT2D eigenvalue weighted by Crippen LogP contribution is 2.26. The van der Waals surface area contributed by atoms with Crippen LogP contribution in [0.1, 0.15) is 26.7 Å². The lowest BCUT2D eigenvalue weighted by molar-refractivity contribution is -0.148. The number of rotatable bonds is 6. The molecule has 1 heterocycles. The van der Waals surface area contributed by atoms with Gasteiger partial charge in [-0.25, -0.2) is 4.39 Å². The van der Waals surface area contributed by atoms with E-state index in [4.69, 9.17) is 0 Å². The summed E-state index contributed by atoms with van der Waals surface area (Å²) in [5, 5.41) is 11.5. The molecule has 0 aromatic heterocycles. The van der Waals surface area contributed by atoms with E-state index >= 15 is 0 Å². The van der Waals surface area contributed by atoms with E-state index in [1.54, 1.807) is 18.7 Å². The number of thioether (sulfide) groups is 1. The number of carbonyl (C=O) groups excluding carboxylic acids is 2. The number of benzene rings is 1. The van der Waals surface area contributed by atoms with Crippen molar-refractivity contribution in [2.24, 2.45) is 5.92 Å². The molecule has 2 N–H and O–H groups in total. The van der Waals surface area contributed by atoms with Crippen LogP contribution in [-0.4, -0.2) is 51.4 Å². The number of amides is 2. The van der Waals surface area contributed by atoms with Gasteiger partial charge in [0.1, 0.15) is 5.82 Å². The second-order valence-electron chi connectivity index (χ2n) is 6.37. The summed E-state index contributed by atoms with van der Waals surface area (Å²) in [4.78, 5) is 37.5. The maximum absolute atomic E-state index is 12.9. The molecule has 26 heavy (non-hydrogen) atoms. The van der Waals surface area contributed by atoms with Crippen LogP contribution >= 0.6 is 11.8 Å². The smallest absolute Gasteiger partial charge is 0.308 e. The van der Waals surface area contributed by atoms with Gasteiger partial charge in [0.15, 0.2) is 0 Å². The summed E-state index contributed by atoms with van der Waals surface area (Å²) >= 11 is 1.20. The van der Waals surface area contributed by atoms with Gasteiger partial charge < -0.3 is 15.3 Å². The monoisotopic (exact) mass is 382 g/mol. The molecular weight excluding hydrogens is 359 g/mol. The predicted molar refractivity (Wildman–Crippen MR) is 98.5 cm³/mol. The van der Waals surface area contributed by atoms with E-state index in [1.807, 2.05) is 0 Å². The minimum absolute atomic E-state index is 0.0782. The second kappa shape index (κ2) is 9.02. The first-order valence-electron chi connectivity index (χ1n) is 8.50. The molecule has 1 fully saturated rings. The van der Waals surface area contributed by atoms with Gasteiger partial charge in [-0.15, -0.1) is 11.8 Å². The summed E-state index contributed by atoms with van der Waals surface area (Å²) in [6, 6.07) is 5.09. The number of piperidine rings is 1. The van der Waals surface area contributed by atoms with Gasteiger partial charge in [0.05, 0.1) is 16.9 Å². The summed E-state index contributed by atoms with van der Waals surface area (Å²) in [6.45, 7) is 4.01. The molecule has 0 spiro atoms. The fourth-order valence-electron chi connectivity index (χ4n) is 3.02. The molecule has 0 saturated carbocycles. The predicted octanol–water partition coefficient (Wildman–Crippen LogP) is 2.60. The van der Waals surface area contributed by atoms with Crippen LogP contribution in [0.25, 0.3) is 0 Å². The quantitative estimate of drug-likeness (QED) is 0.790. The van der Waals surface area contributed by atoms with Crippen molar-refractivity contribution < 1.29 is 23.9 Å². The molecule has 6 nitrogen and oxygen atoms in total. The number of carboxylic acid groups (broad SMARTS) is 1. The molecule has 3 atom stereocenters. The largest absolute Gasteiger partial charge is 0.481 e. The van der Waals surface area contributed by atoms with Gasteiger partial charge in [-0.2, -0.15) is 0 Å². The van der Waals surface area contributed by atoms with Crippen molar-refractivity contribution in [3.8, 4) is 0 Å². The van der Waals surface area contributed by atoms with Gasteiger partial charge in [-0.3, -0.25) is 14.4 Å². The number of carbonyl (C=O) groups is 3. The third-order valence-corrected chi connectivity index (χ3v) is 5.66. The van der Waals surface area contributed by atoms with E-state index < -0.39 is 17.1 Å². The zero-order valence-electron chi connectivity index (χ0n) is 14.8. The van der Waals surface area contributed by atoms with Crippen LogP contribution in [-0.2, 0) is 14.4 Å². The van der Waals surface area contributed by atoms with Crippen LogP contribution in [0, 0.1) is 11.7 Å². The molecule has 1 saturated heterocycles. The first kappa shape index (κ1) is 20.2. The van der Waals surface area contributed by atoms with Crippen molar-refractivity contribution >= 4 is 35.2 Å². The molecule has 0 bridgehead atoms. The normalized spacial score (nSPS) is 21.1. The van der Waals surface area contributed by atoms with E-state index in [0.717, 1.165) is 0 Å². The Labute approximate surface area is 156 Å². The van der Waals surface area contributed by atoms with Crippen LogP contribution in [0.15, 0.2) is 24.3 Å². The highest BCUT2D eigenvalue weighted by atomic mass is 32.2. The molecule has 1 aliphatic heterocycles. The van der Waals surface area contributed by atoms with Gasteiger partial charge >= 0.3 is 5.97 Å². The molecule has 8 heteroatoms. The maximum atomic E-state index is 12.9. The lowest BCUT2D eigenvalue weighted by atomic mass is 9.90. The van der Waals surface area contributed by atoms with Gasteiger partial charge in [-0.1, -0.05) is 0 Å². The lowest BCUT2D eigenvalue weighted by Crippen LogP contribution is -2.51. The van der Waals surface area contributed by atoms with Crippen LogP contribution in [0.3, 0.4) is 0 Å². The first-order chi connectivity index (χ1) is 12.3. The maximum Gasteiger partial charge on any atom is 0.308 e. The fraction of sp³-hybridized carbons (Fsp3) is 0.500. The van der Waals surface area contributed by atoms with Crippen LogP contribution in [0.2, 0.25) is 0 Å². The van der Waals surface area contributed by atoms with Crippen molar-refractivity contribution in [1.82, 2.24) is 4.90 Å². The molecule has 0 radical (unpaired) electrons. The van der Waals surface area contributed by atoms with Crippen molar-refractivity contribution in [3.05, 3.63) is 30.1 Å². The van der Waals surface area contributed by atoms with Gasteiger partial charge in [-0.05, 0) is 51.0 Å². The number of halogens is 1. The lowest BCUT2D eigenvalue weighted by Gasteiger charge is -2.38. The van der Waals surface area contributed by atoms with E-state index in [0.29, 0.717) is 25.1 Å². The van der Waals surface area contributed by atoms with Gasteiger partial charge in [0.25, 0.3) is 0 Å². The summed E-state index contributed by atoms with van der Waals surface area (Å²) < 4.78 is 12.9. The average Bonchev–Trinajstić information content (AvgIpc) is 2.61. The molecule has 2 rings (SSSR count). The molecule has 1 aromatic rings. The number of aliphatic carboxylic acids is 1. The minimum atomic E-state index is -0.881. The number of nitrogens with one attached hydrogen (secondary N) is 1. The fourth-order valence-corrected chi connectivity index (χ4v) is 3.77. The Morgan fingerprint density at radius 3 is 2.62 bits per heavy atom. The van der Waals surface area contributed by atoms with E-state index in [-0.39, 0.29) is 29.4 Å². The standard InChI is InChI=1S/C18H23FN2O4S/c1-11-15(18(24)25)4-3-9-21(11)17(23)12(2)26-10-16(22)20-14-7-5-13(19)6-8-14/h5-8,11-12,15H,3-4,9-10H2,1-2H3,(H,20,22)(H,24,25)/t11-,12?,15-/m0/s1. The summed E-state index contributed by atoms with van der Waals surface area (Å²) in [5.74, 6) is -2.17. The van der Waals surface area contributed by atoms with Crippen molar-refractivity contribution in [2.45, 2.75) is 38.0 Å². The Morgan fingerprint density at radius 2 is 2.00 bits per heavy atom. The Bertz CT molecular complexity index is 668. The molecule has 2 amide bonds. The zero-order valence-corrected chi connectivity index (χ0v) is 15.6. The van der Waals surface area contributed by atoms with Crippen LogP contribution < -0.4 is 5.32 Å². The number of likely N-dealkylation sites (tertiary alicyclic amines) is 1. The number of nitrogens with zero attached hydrogens (tertiary/aromatic N) is 1. The van der Waals surface area contributed by atoms with E-state index in [9.17, 15) is 23.9 Å². The highest BCUT2D eigenvalue weighted by molar-refractivity contribution is 8.01. The minimum Gasteiger partial charge on any atom is -0.481 e. The van der Waals surface area contributed by atoms with Crippen LogP contribution in [0.5, 0.6) is 0 Å². The molecular formula is C18H23FN2O4S. The number of anilines is 1. The summed E-state index contributed by atoms with van der Waals surface area (Å²) in [6.07, 6.45) is 1.23. The van der Waals surface area contributed by atoms with Crippen molar-refractivity contribution in [1.29, 1.82) is 0 Å². The van der Waals surface area contributed by atoms with E-state index in [1.165, 1.54) is 36.0 Å². The average molecular weight is 382 g/mol. The van der Waals surface area contributed by atoms with Gasteiger partial charge in [0, 0.05) is 18.3 Å². The highest BCUT2D eigenvalue weighted by Gasteiger charge is 2.36.